The van der Waals surface area contributed by atoms with E-state index in [0.29, 0.717) is 31.0 Å². The van der Waals surface area contributed by atoms with Crippen LogP contribution in [0.25, 0.3) is 0 Å². The fourth-order valence-electron chi connectivity index (χ4n) is 3.52. The Hall–Kier alpha value is -2.97. The minimum absolute atomic E-state index is 0.0595. The van der Waals surface area contributed by atoms with Crippen LogP contribution in [0.4, 0.5) is 11.4 Å². The van der Waals surface area contributed by atoms with E-state index in [1.807, 2.05) is 4.90 Å². The lowest BCUT2D eigenvalue weighted by molar-refractivity contribution is -0.384. The maximum absolute atomic E-state index is 12.6. The Morgan fingerprint density at radius 1 is 1.25 bits per heavy atom. The molecule has 1 aromatic carbocycles. The first-order chi connectivity index (χ1) is 13.4. The topological polar surface area (TPSA) is 110 Å². The van der Waals surface area contributed by atoms with Crippen molar-refractivity contribution in [3.05, 3.63) is 33.9 Å². The number of non-ortho nitro benzene ring substituents is 1. The highest BCUT2D eigenvalue weighted by atomic mass is 16.6. The first-order valence-electron chi connectivity index (χ1n) is 9.40. The minimum atomic E-state index is -0.808. The number of hydrogen-bond acceptors (Lipinski definition) is 7. The van der Waals surface area contributed by atoms with Gasteiger partial charge in [-0.3, -0.25) is 24.6 Å². The number of carbonyl (C=O) groups is 3. The molecule has 0 aliphatic carbocycles. The second kappa shape index (κ2) is 8.37. The van der Waals surface area contributed by atoms with Crippen LogP contribution < -0.4 is 4.90 Å². The summed E-state index contributed by atoms with van der Waals surface area (Å²) in [4.78, 5) is 50.0. The first kappa shape index (κ1) is 19.8. The van der Waals surface area contributed by atoms with Gasteiger partial charge in [-0.25, -0.2) is 4.79 Å². The predicted octanol–water partition coefficient (Wildman–Crippen LogP) is 2.14. The minimum Gasteiger partial charge on any atom is -0.452 e. The zero-order valence-electron chi connectivity index (χ0n) is 15.8. The molecule has 9 nitrogen and oxygen atoms in total. The van der Waals surface area contributed by atoms with Gasteiger partial charge < -0.3 is 9.64 Å². The number of nitro benzene ring substituents is 1. The van der Waals surface area contributed by atoms with Gasteiger partial charge in [0.2, 0.25) is 5.91 Å². The lowest BCUT2D eigenvalue weighted by Gasteiger charge is -2.33. The average molecular weight is 389 g/mol. The molecule has 3 rings (SSSR count). The van der Waals surface area contributed by atoms with Gasteiger partial charge >= 0.3 is 5.97 Å². The summed E-state index contributed by atoms with van der Waals surface area (Å²) in [5, 5.41) is 11.1. The van der Waals surface area contributed by atoms with Crippen molar-refractivity contribution in [2.24, 2.45) is 5.92 Å². The van der Waals surface area contributed by atoms with Crippen LogP contribution in [-0.4, -0.2) is 53.8 Å². The maximum Gasteiger partial charge on any atom is 0.341 e. The van der Waals surface area contributed by atoms with Crippen LogP contribution in [0, 0.1) is 16.0 Å². The number of esters is 1. The molecule has 0 spiro atoms. The van der Waals surface area contributed by atoms with Crippen molar-refractivity contribution in [2.45, 2.75) is 32.6 Å². The Morgan fingerprint density at radius 3 is 2.57 bits per heavy atom. The molecule has 2 heterocycles. The zero-order valence-corrected chi connectivity index (χ0v) is 15.8. The van der Waals surface area contributed by atoms with Gasteiger partial charge in [-0.2, -0.15) is 0 Å². The monoisotopic (exact) mass is 389 g/mol. The Bertz CT molecular complexity index is 801. The third-order valence-electron chi connectivity index (χ3n) is 5.24. The molecule has 0 atom stereocenters. The van der Waals surface area contributed by atoms with E-state index < -0.39 is 23.4 Å². The van der Waals surface area contributed by atoms with E-state index in [4.69, 9.17) is 4.74 Å². The summed E-state index contributed by atoms with van der Waals surface area (Å²) in [6.45, 7) is 3.39. The second-order valence-corrected chi connectivity index (χ2v) is 7.25. The number of piperidine rings is 1. The normalized spacial score (nSPS) is 17.7. The van der Waals surface area contributed by atoms with Crippen LogP contribution in [0.5, 0.6) is 0 Å². The van der Waals surface area contributed by atoms with Gasteiger partial charge in [-0.15, -0.1) is 0 Å². The molecule has 0 saturated carbocycles. The lowest BCUT2D eigenvalue weighted by atomic mass is 9.98. The van der Waals surface area contributed by atoms with Gasteiger partial charge in [0, 0.05) is 38.2 Å². The van der Waals surface area contributed by atoms with Gasteiger partial charge in [0.1, 0.15) is 0 Å². The number of ether oxygens (including phenoxy) is 1. The van der Waals surface area contributed by atoms with Crippen LogP contribution in [0.3, 0.4) is 0 Å². The molecule has 0 radical (unpaired) electrons. The summed E-state index contributed by atoms with van der Waals surface area (Å²) in [6, 6.07) is 4.09. The van der Waals surface area contributed by atoms with Crippen LogP contribution in [0.2, 0.25) is 0 Å². The summed E-state index contributed by atoms with van der Waals surface area (Å²) in [5.41, 5.74) is 0.402. The molecule has 2 saturated heterocycles. The van der Waals surface area contributed by atoms with Crippen molar-refractivity contribution in [3.8, 4) is 0 Å². The third-order valence-corrected chi connectivity index (χ3v) is 5.24. The Kier molecular flexibility index (Phi) is 5.91. The average Bonchev–Trinajstić information content (AvgIpc) is 3.12. The Labute approximate surface area is 162 Å². The molecule has 0 aromatic heterocycles. The number of hydrogen-bond donors (Lipinski definition) is 0. The summed E-state index contributed by atoms with van der Waals surface area (Å²) in [6.07, 6.45) is 2.82. The van der Waals surface area contributed by atoms with E-state index in [9.17, 15) is 24.5 Å². The molecule has 9 heteroatoms. The summed E-state index contributed by atoms with van der Waals surface area (Å²) >= 11 is 0. The van der Waals surface area contributed by atoms with Crippen molar-refractivity contribution in [2.75, 3.05) is 31.1 Å². The van der Waals surface area contributed by atoms with Crippen LogP contribution >= 0.6 is 0 Å². The summed E-state index contributed by atoms with van der Waals surface area (Å²) in [5.74, 6) is -1.08. The highest BCUT2D eigenvalue weighted by Gasteiger charge is 2.28. The van der Waals surface area contributed by atoms with E-state index in [2.05, 4.69) is 6.92 Å². The molecule has 2 fully saturated rings. The molecular weight excluding hydrogens is 366 g/mol. The fraction of sp³-hybridized carbons (Fsp3) is 0.526. The number of nitro groups is 1. The van der Waals surface area contributed by atoms with Crippen molar-refractivity contribution in [1.29, 1.82) is 0 Å². The lowest BCUT2D eigenvalue weighted by Crippen LogP contribution is -2.36. The molecule has 0 unspecified atom stereocenters. The number of imide groups is 1. The molecule has 2 amide bonds. The number of nitrogens with zero attached hydrogens (tertiary/aromatic N) is 3. The molecule has 2 aliphatic heterocycles. The van der Waals surface area contributed by atoms with Gasteiger partial charge in [0.25, 0.3) is 11.6 Å². The van der Waals surface area contributed by atoms with Gasteiger partial charge in [0.05, 0.1) is 16.2 Å². The third kappa shape index (κ3) is 4.29. The Balaban J connectivity index is 1.76. The van der Waals surface area contributed by atoms with E-state index in [-0.39, 0.29) is 17.2 Å². The standard InChI is InChI=1S/C19H23N3O6/c1-13-6-9-20(10-7-13)16-5-4-14(22(26)27)11-15(16)19(25)28-12-18(24)21-8-2-3-17(21)23/h4-5,11,13H,2-3,6-10,12H2,1H3. The Morgan fingerprint density at radius 2 is 1.96 bits per heavy atom. The highest BCUT2D eigenvalue weighted by Crippen LogP contribution is 2.30. The second-order valence-electron chi connectivity index (χ2n) is 7.25. The predicted molar refractivity (Wildman–Crippen MR) is 99.9 cm³/mol. The van der Waals surface area contributed by atoms with Gasteiger partial charge in [-0.1, -0.05) is 6.92 Å². The molecule has 1 aromatic rings. The number of likely N-dealkylation sites (tertiary alicyclic amines) is 1. The number of amides is 2. The summed E-state index contributed by atoms with van der Waals surface area (Å²) in [7, 11) is 0. The van der Waals surface area contributed by atoms with Crippen molar-refractivity contribution in [1.82, 2.24) is 4.90 Å². The van der Waals surface area contributed by atoms with Crippen molar-refractivity contribution >= 4 is 29.2 Å². The molecular formula is C19H23N3O6. The molecule has 28 heavy (non-hydrogen) atoms. The van der Waals surface area contributed by atoms with Gasteiger partial charge in [-0.05, 0) is 31.2 Å². The zero-order chi connectivity index (χ0) is 20.3. The maximum atomic E-state index is 12.6. The van der Waals surface area contributed by atoms with E-state index >= 15 is 0 Å². The van der Waals surface area contributed by atoms with Crippen molar-refractivity contribution < 1.29 is 24.0 Å². The highest BCUT2D eigenvalue weighted by molar-refractivity contribution is 6.00. The van der Waals surface area contributed by atoms with E-state index in [1.54, 1.807) is 6.07 Å². The fourth-order valence-corrected chi connectivity index (χ4v) is 3.52. The first-order valence-corrected chi connectivity index (χ1v) is 9.40. The van der Waals surface area contributed by atoms with Crippen LogP contribution in [0.1, 0.15) is 43.0 Å². The van der Waals surface area contributed by atoms with Gasteiger partial charge in [0.15, 0.2) is 6.61 Å². The van der Waals surface area contributed by atoms with Crippen molar-refractivity contribution in [3.63, 3.8) is 0 Å². The molecule has 0 bridgehead atoms. The quantitative estimate of drug-likeness (QED) is 0.431. The smallest absolute Gasteiger partial charge is 0.341 e. The number of anilines is 1. The number of carbonyl (C=O) groups excluding carboxylic acids is 3. The number of rotatable bonds is 5. The molecule has 150 valence electrons. The SMILES string of the molecule is CC1CCN(c2ccc([N+](=O)[O-])cc2C(=O)OCC(=O)N2CCCC2=O)CC1. The van der Waals surface area contributed by atoms with E-state index in [0.717, 1.165) is 30.8 Å². The summed E-state index contributed by atoms with van der Waals surface area (Å²) < 4.78 is 5.11. The van der Waals surface area contributed by atoms with Crippen LogP contribution in [0.15, 0.2) is 18.2 Å². The van der Waals surface area contributed by atoms with Crippen LogP contribution in [-0.2, 0) is 14.3 Å². The molecule has 2 aliphatic rings. The largest absolute Gasteiger partial charge is 0.452 e. The molecule has 0 N–H and O–H groups in total. The van der Waals surface area contributed by atoms with E-state index in [1.165, 1.54) is 12.1 Å². The number of benzene rings is 1.